The molecule has 0 aliphatic carbocycles. The Morgan fingerprint density at radius 2 is 1.95 bits per heavy atom. The highest BCUT2D eigenvalue weighted by Crippen LogP contribution is 2.26. The molecule has 1 N–H and O–H groups in total. The van der Waals surface area contributed by atoms with Crippen LogP contribution in [0.2, 0.25) is 0 Å². The second-order valence-corrected chi connectivity index (χ2v) is 6.20. The second kappa shape index (κ2) is 5.38. The number of rotatable bonds is 3. The van der Waals surface area contributed by atoms with E-state index in [-0.39, 0.29) is 10.4 Å². The minimum atomic E-state index is -1.02. The van der Waals surface area contributed by atoms with E-state index in [1.54, 1.807) is 6.92 Å². The number of aromatic carboxylic acids is 1. The van der Waals surface area contributed by atoms with Crippen LogP contribution in [-0.2, 0) is 6.54 Å². The maximum Gasteiger partial charge on any atom is 0.346 e. The molecule has 0 aliphatic rings. The summed E-state index contributed by atoms with van der Waals surface area (Å²) in [4.78, 5) is 28.7. The summed E-state index contributed by atoms with van der Waals surface area (Å²) in [5, 5.41) is 9.56. The fraction of sp³-hybridized carbons (Fsp3) is 0.188. The van der Waals surface area contributed by atoms with Crippen LogP contribution in [0.1, 0.15) is 26.4 Å². The Labute approximate surface area is 130 Å². The molecule has 0 bridgehead atoms. The quantitative estimate of drug-likeness (QED) is 0.807. The van der Waals surface area contributed by atoms with Crippen LogP contribution >= 0.6 is 11.3 Å². The number of carboxylic acids is 1. The molecule has 3 aromatic rings. The number of aromatic nitrogens is 2. The van der Waals surface area contributed by atoms with Gasteiger partial charge in [-0.15, -0.1) is 11.3 Å². The number of nitrogens with zero attached hydrogens (tertiary/aromatic N) is 2. The normalized spacial score (nSPS) is 11.0. The highest BCUT2D eigenvalue weighted by atomic mass is 32.1. The molecule has 3 rings (SSSR count). The van der Waals surface area contributed by atoms with Gasteiger partial charge in [-0.2, -0.15) is 0 Å². The fourth-order valence-corrected chi connectivity index (χ4v) is 3.34. The van der Waals surface area contributed by atoms with Crippen molar-refractivity contribution in [1.82, 2.24) is 9.55 Å². The van der Waals surface area contributed by atoms with E-state index in [0.717, 1.165) is 22.5 Å². The Kier molecular flexibility index (Phi) is 3.54. The number of hydrogen-bond donors (Lipinski definition) is 1. The first-order chi connectivity index (χ1) is 10.5. The predicted molar refractivity (Wildman–Crippen MR) is 85.9 cm³/mol. The molecule has 0 radical (unpaired) electrons. The van der Waals surface area contributed by atoms with Crippen molar-refractivity contribution in [3.8, 4) is 0 Å². The molecule has 0 atom stereocenters. The van der Waals surface area contributed by atoms with Gasteiger partial charge >= 0.3 is 5.97 Å². The molecule has 22 heavy (non-hydrogen) atoms. The van der Waals surface area contributed by atoms with Crippen molar-refractivity contribution in [1.29, 1.82) is 0 Å². The number of carbonyl (C=O) groups is 1. The van der Waals surface area contributed by atoms with Gasteiger partial charge in [0.15, 0.2) is 0 Å². The van der Waals surface area contributed by atoms with E-state index in [0.29, 0.717) is 22.3 Å². The molecule has 0 fully saturated rings. The second-order valence-electron chi connectivity index (χ2n) is 5.20. The van der Waals surface area contributed by atoms with E-state index in [1.165, 1.54) is 10.9 Å². The van der Waals surface area contributed by atoms with Gasteiger partial charge in [-0.25, -0.2) is 9.78 Å². The standard InChI is InChI=1S/C16H14N2O3S/c1-9-3-5-11(6-4-9)7-18-8-17-14-12(15(18)19)10(2)13(22-14)16(20)21/h3-6,8H,7H2,1-2H3,(H,20,21). The van der Waals surface area contributed by atoms with Crippen LogP contribution in [0, 0.1) is 13.8 Å². The van der Waals surface area contributed by atoms with Crippen molar-refractivity contribution in [3.05, 3.63) is 62.5 Å². The Balaban J connectivity index is 2.10. The first-order valence-corrected chi connectivity index (χ1v) is 7.56. The lowest BCUT2D eigenvalue weighted by atomic mass is 10.1. The summed E-state index contributed by atoms with van der Waals surface area (Å²) in [5.41, 5.74) is 2.44. The van der Waals surface area contributed by atoms with Gasteiger partial charge in [-0.3, -0.25) is 9.36 Å². The number of carboxylic acid groups (broad SMARTS) is 1. The van der Waals surface area contributed by atoms with E-state index in [2.05, 4.69) is 4.98 Å². The molecule has 0 aliphatic heterocycles. The molecular weight excluding hydrogens is 300 g/mol. The summed E-state index contributed by atoms with van der Waals surface area (Å²) in [5.74, 6) is -1.02. The summed E-state index contributed by atoms with van der Waals surface area (Å²) >= 11 is 1.04. The van der Waals surface area contributed by atoms with Gasteiger partial charge in [-0.05, 0) is 25.0 Å². The summed E-state index contributed by atoms with van der Waals surface area (Å²) in [6.45, 7) is 4.08. The topological polar surface area (TPSA) is 72.2 Å². The molecule has 0 saturated heterocycles. The van der Waals surface area contributed by atoms with Crippen molar-refractivity contribution >= 4 is 27.5 Å². The van der Waals surface area contributed by atoms with Crippen molar-refractivity contribution < 1.29 is 9.90 Å². The minimum absolute atomic E-state index is 0.174. The molecule has 1 aromatic carbocycles. The van der Waals surface area contributed by atoms with Crippen LogP contribution in [0.4, 0.5) is 0 Å². The Morgan fingerprint density at radius 1 is 1.27 bits per heavy atom. The summed E-state index contributed by atoms with van der Waals surface area (Å²) in [6.07, 6.45) is 1.48. The number of aryl methyl sites for hydroxylation is 2. The highest BCUT2D eigenvalue weighted by molar-refractivity contribution is 7.20. The van der Waals surface area contributed by atoms with Crippen LogP contribution < -0.4 is 5.56 Å². The van der Waals surface area contributed by atoms with Crippen LogP contribution in [0.3, 0.4) is 0 Å². The summed E-state index contributed by atoms with van der Waals surface area (Å²) in [6, 6.07) is 7.92. The first-order valence-electron chi connectivity index (χ1n) is 6.74. The zero-order valence-electron chi connectivity index (χ0n) is 12.2. The Hall–Kier alpha value is -2.47. The zero-order valence-corrected chi connectivity index (χ0v) is 13.0. The zero-order chi connectivity index (χ0) is 15.9. The van der Waals surface area contributed by atoms with E-state index < -0.39 is 5.97 Å². The third-order valence-corrected chi connectivity index (χ3v) is 4.77. The predicted octanol–water partition coefficient (Wildman–Crippen LogP) is 2.82. The van der Waals surface area contributed by atoms with E-state index in [1.807, 2.05) is 31.2 Å². The lowest BCUT2D eigenvalue weighted by Gasteiger charge is -2.06. The van der Waals surface area contributed by atoms with Gasteiger partial charge < -0.3 is 5.11 Å². The third kappa shape index (κ3) is 2.42. The number of benzene rings is 1. The van der Waals surface area contributed by atoms with Crippen LogP contribution in [0.5, 0.6) is 0 Å². The van der Waals surface area contributed by atoms with Gasteiger partial charge in [-0.1, -0.05) is 29.8 Å². The van der Waals surface area contributed by atoms with Crippen molar-refractivity contribution in [2.45, 2.75) is 20.4 Å². The van der Waals surface area contributed by atoms with Gasteiger partial charge in [0, 0.05) is 0 Å². The van der Waals surface area contributed by atoms with Crippen molar-refractivity contribution in [2.24, 2.45) is 0 Å². The monoisotopic (exact) mass is 314 g/mol. The minimum Gasteiger partial charge on any atom is -0.477 e. The molecular formula is C16H14N2O3S. The first kappa shape index (κ1) is 14.5. The van der Waals surface area contributed by atoms with Gasteiger partial charge in [0.05, 0.1) is 18.3 Å². The fourth-order valence-electron chi connectivity index (χ4n) is 2.37. The van der Waals surface area contributed by atoms with E-state index in [9.17, 15) is 9.59 Å². The van der Waals surface area contributed by atoms with Crippen LogP contribution in [0.15, 0.2) is 35.4 Å². The lowest BCUT2D eigenvalue weighted by Crippen LogP contribution is -2.21. The molecule has 112 valence electrons. The average Bonchev–Trinajstić information content (AvgIpc) is 2.82. The van der Waals surface area contributed by atoms with Crippen LogP contribution in [0.25, 0.3) is 10.2 Å². The van der Waals surface area contributed by atoms with Gasteiger partial charge in [0.1, 0.15) is 9.71 Å². The van der Waals surface area contributed by atoms with Gasteiger partial charge in [0.25, 0.3) is 5.56 Å². The van der Waals surface area contributed by atoms with E-state index >= 15 is 0 Å². The van der Waals surface area contributed by atoms with Crippen LogP contribution in [-0.4, -0.2) is 20.6 Å². The van der Waals surface area contributed by atoms with Gasteiger partial charge in [0.2, 0.25) is 0 Å². The average molecular weight is 314 g/mol. The Bertz CT molecular complexity index is 923. The van der Waals surface area contributed by atoms with Crippen molar-refractivity contribution in [3.63, 3.8) is 0 Å². The highest BCUT2D eigenvalue weighted by Gasteiger charge is 2.18. The maximum atomic E-state index is 12.6. The SMILES string of the molecule is Cc1ccc(Cn2cnc3sc(C(=O)O)c(C)c3c2=O)cc1. The number of fused-ring (bicyclic) bond motifs is 1. The molecule has 0 unspecified atom stereocenters. The van der Waals surface area contributed by atoms with E-state index in [4.69, 9.17) is 5.11 Å². The molecule has 6 heteroatoms. The molecule has 0 amide bonds. The number of hydrogen-bond acceptors (Lipinski definition) is 4. The Morgan fingerprint density at radius 3 is 2.59 bits per heavy atom. The molecule has 5 nitrogen and oxygen atoms in total. The molecule has 0 spiro atoms. The maximum absolute atomic E-state index is 12.6. The van der Waals surface area contributed by atoms with Crippen molar-refractivity contribution in [2.75, 3.05) is 0 Å². The largest absolute Gasteiger partial charge is 0.477 e. The summed E-state index contributed by atoms with van der Waals surface area (Å²) < 4.78 is 1.51. The molecule has 0 saturated carbocycles. The smallest absolute Gasteiger partial charge is 0.346 e. The number of thiophene rings is 1. The summed E-state index contributed by atoms with van der Waals surface area (Å²) in [7, 11) is 0. The lowest BCUT2D eigenvalue weighted by molar-refractivity contribution is 0.0701. The third-order valence-electron chi connectivity index (χ3n) is 3.59. The molecule has 2 aromatic heterocycles. The molecule has 2 heterocycles.